The number of nitrogens with zero attached hydrogens (tertiary/aromatic N) is 2. The van der Waals surface area contributed by atoms with Crippen molar-refractivity contribution in [3.63, 3.8) is 0 Å². The van der Waals surface area contributed by atoms with Crippen LogP contribution in [0.2, 0.25) is 5.02 Å². The first-order chi connectivity index (χ1) is 13.6. The molecule has 28 heavy (non-hydrogen) atoms. The third kappa shape index (κ3) is 4.57. The maximum absolute atomic E-state index is 13.2. The molecule has 1 amide bonds. The van der Waals surface area contributed by atoms with Crippen molar-refractivity contribution in [3.8, 4) is 5.75 Å². The van der Waals surface area contributed by atoms with Crippen LogP contribution < -0.4 is 4.74 Å². The highest BCUT2D eigenvalue weighted by Crippen LogP contribution is 2.22. The molecule has 0 N–H and O–H groups in total. The summed E-state index contributed by atoms with van der Waals surface area (Å²) in [5.74, 6) is 0.574. The van der Waals surface area contributed by atoms with Crippen LogP contribution in [0.4, 0.5) is 0 Å². The zero-order valence-electron chi connectivity index (χ0n) is 16.3. The predicted octanol–water partition coefficient (Wildman–Crippen LogP) is 5.25. The molecule has 0 spiro atoms. The number of rotatable bonds is 8. The number of benzene rings is 2. The summed E-state index contributed by atoms with van der Waals surface area (Å²) in [4.78, 5) is 15.1. The standard InChI is InChI=1S/C23H25ClN2O2/c1-3-14-26(23(27)20-11-5-7-13-22(20)28-2)17-19-10-8-15-25(19)16-18-9-4-6-12-21(18)24/h4-13,15H,3,14,16-17H2,1-2H3. The first kappa shape index (κ1) is 20.0. The summed E-state index contributed by atoms with van der Waals surface area (Å²) in [7, 11) is 1.59. The predicted molar refractivity (Wildman–Crippen MR) is 113 cm³/mol. The van der Waals surface area contributed by atoms with Gasteiger partial charge in [0.15, 0.2) is 0 Å². The summed E-state index contributed by atoms with van der Waals surface area (Å²) < 4.78 is 7.52. The van der Waals surface area contributed by atoms with Gasteiger partial charge in [0, 0.05) is 30.0 Å². The van der Waals surface area contributed by atoms with Crippen molar-refractivity contribution in [2.45, 2.75) is 26.4 Å². The molecule has 0 bridgehead atoms. The molecule has 0 aliphatic heterocycles. The van der Waals surface area contributed by atoms with E-state index in [0.717, 1.165) is 22.7 Å². The molecule has 3 rings (SSSR count). The van der Waals surface area contributed by atoms with E-state index in [9.17, 15) is 4.79 Å². The number of carbonyl (C=O) groups excluding carboxylic acids is 1. The molecule has 0 atom stereocenters. The number of amides is 1. The minimum absolute atomic E-state index is 0.0233. The zero-order chi connectivity index (χ0) is 19.9. The normalized spacial score (nSPS) is 10.7. The molecule has 0 aliphatic rings. The van der Waals surface area contributed by atoms with Crippen LogP contribution in [0.25, 0.3) is 0 Å². The summed E-state index contributed by atoms with van der Waals surface area (Å²) in [6, 6.07) is 19.2. The smallest absolute Gasteiger partial charge is 0.257 e. The second kappa shape index (κ2) is 9.47. The van der Waals surface area contributed by atoms with E-state index in [0.29, 0.717) is 30.9 Å². The lowest BCUT2D eigenvalue weighted by Crippen LogP contribution is -2.32. The van der Waals surface area contributed by atoms with E-state index >= 15 is 0 Å². The highest BCUT2D eigenvalue weighted by atomic mass is 35.5. The van der Waals surface area contributed by atoms with Gasteiger partial charge >= 0.3 is 0 Å². The zero-order valence-corrected chi connectivity index (χ0v) is 17.0. The van der Waals surface area contributed by atoms with Gasteiger partial charge in [0.25, 0.3) is 5.91 Å². The average molecular weight is 397 g/mol. The summed E-state index contributed by atoms with van der Waals surface area (Å²) in [6.07, 6.45) is 2.91. The lowest BCUT2D eigenvalue weighted by Gasteiger charge is -2.24. The molecule has 1 heterocycles. The lowest BCUT2D eigenvalue weighted by atomic mass is 10.1. The Bertz CT molecular complexity index is 936. The van der Waals surface area contributed by atoms with Gasteiger partial charge in [0.1, 0.15) is 5.75 Å². The van der Waals surface area contributed by atoms with Gasteiger partial charge in [-0.2, -0.15) is 0 Å². The minimum Gasteiger partial charge on any atom is -0.496 e. The SMILES string of the molecule is CCCN(Cc1cccn1Cc1ccccc1Cl)C(=O)c1ccccc1OC. The fourth-order valence-electron chi connectivity index (χ4n) is 3.27. The van der Waals surface area contributed by atoms with Crippen LogP contribution in [0.5, 0.6) is 5.75 Å². The van der Waals surface area contributed by atoms with Gasteiger partial charge in [-0.3, -0.25) is 4.79 Å². The number of hydrogen-bond donors (Lipinski definition) is 0. The van der Waals surface area contributed by atoms with Crippen molar-refractivity contribution >= 4 is 17.5 Å². The van der Waals surface area contributed by atoms with Gasteiger partial charge < -0.3 is 14.2 Å². The first-order valence-corrected chi connectivity index (χ1v) is 9.81. The molecule has 0 fully saturated rings. The Hall–Kier alpha value is -2.72. The number of carbonyl (C=O) groups is 1. The maximum atomic E-state index is 13.2. The topological polar surface area (TPSA) is 34.5 Å². The van der Waals surface area contributed by atoms with Gasteiger partial charge in [-0.05, 0) is 42.3 Å². The van der Waals surface area contributed by atoms with E-state index in [1.165, 1.54) is 0 Å². The molecule has 0 aliphatic carbocycles. The van der Waals surface area contributed by atoms with Gasteiger partial charge in [-0.1, -0.05) is 48.9 Å². The number of hydrogen-bond acceptors (Lipinski definition) is 2. The van der Waals surface area contributed by atoms with Crippen molar-refractivity contribution in [3.05, 3.63) is 88.7 Å². The molecule has 5 heteroatoms. The number of halogens is 1. The van der Waals surface area contributed by atoms with Crippen molar-refractivity contribution in [2.75, 3.05) is 13.7 Å². The molecule has 0 unspecified atom stereocenters. The Morgan fingerprint density at radius 2 is 1.82 bits per heavy atom. The minimum atomic E-state index is -0.0233. The second-order valence-electron chi connectivity index (χ2n) is 6.65. The molecule has 3 aromatic rings. The third-order valence-electron chi connectivity index (χ3n) is 4.69. The van der Waals surface area contributed by atoms with Crippen LogP contribution in [0, 0.1) is 0 Å². The molecule has 0 saturated carbocycles. The molecule has 146 valence electrons. The van der Waals surface area contributed by atoms with Crippen molar-refractivity contribution < 1.29 is 9.53 Å². The number of methoxy groups -OCH3 is 1. The highest BCUT2D eigenvalue weighted by Gasteiger charge is 2.20. The van der Waals surface area contributed by atoms with Crippen LogP contribution in [0.1, 0.15) is 35.0 Å². The fraction of sp³-hybridized carbons (Fsp3) is 0.261. The average Bonchev–Trinajstić information content (AvgIpc) is 3.15. The van der Waals surface area contributed by atoms with Crippen molar-refractivity contribution in [1.29, 1.82) is 0 Å². The summed E-state index contributed by atoms with van der Waals surface area (Å²) >= 11 is 6.32. The fourth-order valence-corrected chi connectivity index (χ4v) is 3.46. The Balaban J connectivity index is 1.83. The third-order valence-corrected chi connectivity index (χ3v) is 5.06. The van der Waals surface area contributed by atoms with Gasteiger partial charge in [-0.15, -0.1) is 0 Å². The Kier molecular flexibility index (Phi) is 6.77. The molecular weight excluding hydrogens is 372 g/mol. The summed E-state index contributed by atoms with van der Waals surface area (Å²) in [5, 5.41) is 0.748. The summed E-state index contributed by atoms with van der Waals surface area (Å²) in [6.45, 7) is 3.95. The van der Waals surface area contributed by atoms with Gasteiger partial charge in [0.05, 0.1) is 19.2 Å². The van der Waals surface area contributed by atoms with E-state index in [1.54, 1.807) is 7.11 Å². The molecule has 1 aromatic heterocycles. The van der Waals surface area contributed by atoms with Crippen LogP contribution in [-0.4, -0.2) is 29.0 Å². The van der Waals surface area contributed by atoms with Crippen LogP contribution in [0.15, 0.2) is 66.9 Å². The van der Waals surface area contributed by atoms with Crippen molar-refractivity contribution in [1.82, 2.24) is 9.47 Å². The Morgan fingerprint density at radius 3 is 2.57 bits per heavy atom. The quantitative estimate of drug-likeness (QED) is 0.521. The Labute approximate surface area is 171 Å². The number of para-hydroxylation sites is 1. The molecule has 4 nitrogen and oxygen atoms in total. The Morgan fingerprint density at radius 1 is 1.07 bits per heavy atom. The van der Waals surface area contributed by atoms with E-state index in [1.807, 2.05) is 65.7 Å². The van der Waals surface area contributed by atoms with Crippen LogP contribution in [0.3, 0.4) is 0 Å². The van der Waals surface area contributed by atoms with Gasteiger partial charge in [-0.25, -0.2) is 0 Å². The number of ether oxygens (including phenoxy) is 1. The van der Waals surface area contributed by atoms with E-state index in [-0.39, 0.29) is 5.91 Å². The second-order valence-corrected chi connectivity index (χ2v) is 7.05. The maximum Gasteiger partial charge on any atom is 0.257 e. The molecule has 0 saturated heterocycles. The van der Waals surface area contributed by atoms with Crippen LogP contribution >= 0.6 is 11.6 Å². The largest absolute Gasteiger partial charge is 0.496 e. The number of aromatic nitrogens is 1. The summed E-state index contributed by atoms with van der Waals surface area (Å²) in [5.41, 5.74) is 2.71. The molecule has 0 radical (unpaired) electrons. The monoisotopic (exact) mass is 396 g/mol. The first-order valence-electron chi connectivity index (χ1n) is 9.43. The van der Waals surface area contributed by atoms with Crippen molar-refractivity contribution in [2.24, 2.45) is 0 Å². The molecular formula is C23H25ClN2O2. The van der Waals surface area contributed by atoms with E-state index < -0.39 is 0 Å². The van der Waals surface area contributed by atoms with E-state index in [4.69, 9.17) is 16.3 Å². The lowest BCUT2D eigenvalue weighted by molar-refractivity contribution is 0.0736. The highest BCUT2D eigenvalue weighted by molar-refractivity contribution is 6.31. The van der Waals surface area contributed by atoms with Crippen LogP contribution in [-0.2, 0) is 13.1 Å². The molecule has 2 aromatic carbocycles. The van der Waals surface area contributed by atoms with E-state index in [2.05, 4.69) is 17.6 Å². The van der Waals surface area contributed by atoms with Gasteiger partial charge in [0.2, 0.25) is 0 Å².